The van der Waals surface area contributed by atoms with Gasteiger partial charge in [0.15, 0.2) is 0 Å². The van der Waals surface area contributed by atoms with Crippen molar-refractivity contribution in [1.29, 1.82) is 0 Å². The Morgan fingerprint density at radius 1 is 1.40 bits per heavy atom. The summed E-state index contributed by atoms with van der Waals surface area (Å²) in [4.78, 5) is 4.00. The number of hydrogen-bond donors (Lipinski definition) is 2. The maximum absolute atomic E-state index is 9.80. The molecule has 5 heteroatoms. The van der Waals surface area contributed by atoms with Crippen molar-refractivity contribution in [2.24, 2.45) is 0 Å². The summed E-state index contributed by atoms with van der Waals surface area (Å²) in [5.74, 6) is 0.304. The van der Waals surface area contributed by atoms with Crippen LogP contribution in [0.2, 0.25) is 5.15 Å². The predicted octanol–water partition coefficient (Wildman–Crippen LogP) is 2.07. The average Bonchev–Trinajstić information content (AvgIpc) is 2.17. The van der Waals surface area contributed by atoms with E-state index in [1.807, 2.05) is 0 Å². The van der Waals surface area contributed by atoms with Crippen LogP contribution >= 0.6 is 23.2 Å². The second-order valence-corrected chi connectivity index (χ2v) is 4.06. The van der Waals surface area contributed by atoms with Crippen LogP contribution in [-0.2, 0) is 0 Å². The smallest absolute Gasteiger partial charge is 0.129 e. The van der Waals surface area contributed by atoms with Crippen LogP contribution in [0.4, 0.5) is 0 Å². The van der Waals surface area contributed by atoms with E-state index < -0.39 is 12.2 Å². The molecule has 0 spiro atoms. The molecule has 15 heavy (non-hydrogen) atoms. The Morgan fingerprint density at radius 2 is 2.07 bits per heavy atom. The monoisotopic (exact) mass is 249 g/mol. The Kier molecular flexibility index (Phi) is 4.80. The van der Waals surface area contributed by atoms with Crippen molar-refractivity contribution in [1.82, 2.24) is 4.98 Å². The van der Waals surface area contributed by atoms with Crippen molar-refractivity contribution < 1.29 is 10.2 Å². The van der Waals surface area contributed by atoms with E-state index in [1.54, 1.807) is 19.1 Å². The summed E-state index contributed by atoms with van der Waals surface area (Å²) in [5.41, 5.74) is 1.20. The van der Waals surface area contributed by atoms with Crippen molar-refractivity contribution >= 4 is 23.2 Å². The molecule has 0 saturated heterocycles. The first-order chi connectivity index (χ1) is 7.06. The zero-order chi connectivity index (χ0) is 11.4. The summed E-state index contributed by atoms with van der Waals surface area (Å²) in [6, 6.07) is 3.24. The predicted molar refractivity (Wildman–Crippen MR) is 60.3 cm³/mol. The Bertz CT molecular complexity index is 333. The SMILES string of the molecule is Cc1nc(Cl)ccc1C(O)C(O)CCCl. The minimum absolute atomic E-state index is 0.304. The van der Waals surface area contributed by atoms with Gasteiger partial charge >= 0.3 is 0 Å². The van der Waals surface area contributed by atoms with Crippen LogP contribution in [0.3, 0.4) is 0 Å². The third kappa shape index (κ3) is 3.31. The molecular formula is C10H13Cl2NO2. The quantitative estimate of drug-likeness (QED) is 0.635. The minimum Gasteiger partial charge on any atom is -0.390 e. The number of aliphatic hydroxyl groups is 2. The first-order valence-corrected chi connectivity index (χ1v) is 5.52. The summed E-state index contributed by atoms with van der Waals surface area (Å²) >= 11 is 11.2. The summed E-state index contributed by atoms with van der Waals surface area (Å²) < 4.78 is 0. The van der Waals surface area contributed by atoms with Gasteiger partial charge in [0.05, 0.1) is 6.10 Å². The maximum Gasteiger partial charge on any atom is 0.129 e. The molecule has 1 rings (SSSR count). The van der Waals surface area contributed by atoms with Gasteiger partial charge in [-0.2, -0.15) is 0 Å². The maximum atomic E-state index is 9.80. The lowest BCUT2D eigenvalue weighted by molar-refractivity contribution is 0.0164. The van der Waals surface area contributed by atoms with Crippen LogP contribution in [0.1, 0.15) is 23.8 Å². The fourth-order valence-electron chi connectivity index (χ4n) is 1.33. The van der Waals surface area contributed by atoms with Crippen molar-refractivity contribution in [3.63, 3.8) is 0 Å². The van der Waals surface area contributed by atoms with E-state index in [2.05, 4.69) is 4.98 Å². The summed E-state index contributed by atoms with van der Waals surface area (Å²) in [6.07, 6.45) is -1.50. The third-order valence-electron chi connectivity index (χ3n) is 2.18. The Balaban J connectivity index is 2.86. The molecule has 0 aliphatic carbocycles. The number of hydrogen-bond acceptors (Lipinski definition) is 3. The summed E-state index contributed by atoms with van der Waals surface area (Å²) in [7, 11) is 0. The van der Waals surface area contributed by atoms with E-state index in [1.165, 1.54) is 0 Å². The Labute approximate surface area is 98.7 Å². The van der Waals surface area contributed by atoms with E-state index in [9.17, 15) is 10.2 Å². The molecule has 0 aromatic carbocycles. The van der Waals surface area contributed by atoms with Crippen molar-refractivity contribution in [3.05, 3.63) is 28.5 Å². The van der Waals surface area contributed by atoms with Gasteiger partial charge in [0.2, 0.25) is 0 Å². The molecule has 2 atom stereocenters. The lowest BCUT2D eigenvalue weighted by Gasteiger charge is -2.18. The molecule has 1 aromatic heterocycles. The van der Waals surface area contributed by atoms with Crippen molar-refractivity contribution in [2.45, 2.75) is 25.6 Å². The normalized spacial score (nSPS) is 15.0. The molecule has 2 N–H and O–H groups in total. The molecule has 1 aromatic rings. The highest BCUT2D eigenvalue weighted by Gasteiger charge is 2.19. The molecule has 3 nitrogen and oxygen atoms in total. The topological polar surface area (TPSA) is 53.4 Å². The number of aromatic nitrogens is 1. The van der Waals surface area contributed by atoms with Crippen molar-refractivity contribution in [2.75, 3.05) is 5.88 Å². The number of nitrogens with zero attached hydrogens (tertiary/aromatic N) is 1. The van der Waals surface area contributed by atoms with Gasteiger partial charge < -0.3 is 10.2 Å². The van der Waals surface area contributed by atoms with Gasteiger partial charge in [-0.3, -0.25) is 0 Å². The highest BCUT2D eigenvalue weighted by Crippen LogP contribution is 2.22. The fourth-order valence-corrected chi connectivity index (χ4v) is 1.74. The highest BCUT2D eigenvalue weighted by molar-refractivity contribution is 6.29. The van der Waals surface area contributed by atoms with E-state index >= 15 is 0 Å². The Hall–Kier alpha value is -0.350. The number of halogens is 2. The van der Waals surface area contributed by atoms with Gasteiger partial charge in [-0.15, -0.1) is 11.6 Å². The average molecular weight is 250 g/mol. The van der Waals surface area contributed by atoms with Gasteiger partial charge in [0, 0.05) is 17.1 Å². The van der Waals surface area contributed by atoms with Crippen LogP contribution in [0.25, 0.3) is 0 Å². The van der Waals surface area contributed by atoms with E-state index in [0.717, 1.165) is 0 Å². The molecule has 84 valence electrons. The molecule has 0 aliphatic rings. The number of aryl methyl sites for hydroxylation is 1. The minimum atomic E-state index is -0.964. The van der Waals surface area contributed by atoms with E-state index in [0.29, 0.717) is 28.7 Å². The van der Waals surface area contributed by atoms with Crippen molar-refractivity contribution in [3.8, 4) is 0 Å². The molecule has 0 aliphatic heterocycles. The molecule has 1 heterocycles. The first kappa shape index (κ1) is 12.7. The lowest BCUT2D eigenvalue weighted by atomic mass is 10.0. The van der Waals surface area contributed by atoms with Gasteiger partial charge in [0.25, 0.3) is 0 Å². The largest absolute Gasteiger partial charge is 0.390 e. The fraction of sp³-hybridized carbons (Fsp3) is 0.500. The third-order valence-corrected chi connectivity index (χ3v) is 2.61. The van der Waals surface area contributed by atoms with Gasteiger partial charge in [0.1, 0.15) is 11.3 Å². The molecule has 0 bridgehead atoms. The zero-order valence-electron chi connectivity index (χ0n) is 8.32. The standard InChI is InChI=1S/C10H13Cl2NO2/c1-6-7(2-3-9(12)13-6)10(15)8(14)4-5-11/h2-3,8,10,14-15H,4-5H2,1H3. The number of alkyl halides is 1. The van der Waals surface area contributed by atoms with Crippen LogP contribution in [0, 0.1) is 6.92 Å². The van der Waals surface area contributed by atoms with Gasteiger partial charge in [-0.05, 0) is 19.4 Å². The van der Waals surface area contributed by atoms with Crippen LogP contribution in [-0.4, -0.2) is 27.2 Å². The van der Waals surface area contributed by atoms with Gasteiger partial charge in [-0.25, -0.2) is 4.98 Å². The molecule has 0 radical (unpaired) electrons. The van der Waals surface area contributed by atoms with Crippen LogP contribution < -0.4 is 0 Å². The Morgan fingerprint density at radius 3 is 2.60 bits per heavy atom. The highest BCUT2D eigenvalue weighted by atomic mass is 35.5. The molecule has 2 unspecified atom stereocenters. The molecule has 0 amide bonds. The lowest BCUT2D eigenvalue weighted by Crippen LogP contribution is -2.19. The summed E-state index contributed by atoms with van der Waals surface area (Å²) in [5, 5.41) is 19.7. The van der Waals surface area contributed by atoms with Crippen LogP contribution in [0.5, 0.6) is 0 Å². The number of aliphatic hydroxyl groups excluding tert-OH is 2. The molecule has 0 fully saturated rings. The second kappa shape index (κ2) is 5.66. The number of pyridine rings is 1. The van der Waals surface area contributed by atoms with E-state index in [4.69, 9.17) is 23.2 Å². The second-order valence-electron chi connectivity index (χ2n) is 3.30. The van der Waals surface area contributed by atoms with E-state index in [-0.39, 0.29) is 0 Å². The van der Waals surface area contributed by atoms with Crippen LogP contribution in [0.15, 0.2) is 12.1 Å². The molecular weight excluding hydrogens is 237 g/mol. The number of rotatable bonds is 4. The van der Waals surface area contributed by atoms with Gasteiger partial charge in [-0.1, -0.05) is 17.7 Å². The summed E-state index contributed by atoms with van der Waals surface area (Å²) in [6.45, 7) is 1.73. The first-order valence-electron chi connectivity index (χ1n) is 4.61. The molecule has 0 saturated carbocycles. The zero-order valence-corrected chi connectivity index (χ0v) is 9.83.